The molecule has 8 heteroatoms. The number of piperidine rings is 1. The zero-order valence-corrected chi connectivity index (χ0v) is 19.8. The van der Waals surface area contributed by atoms with Crippen molar-refractivity contribution in [1.82, 2.24) is 14.9 Å². The number of nitrogens with zero attached hydrogens (tertiary/aromatic N) is 2. The maximum atomic E-state index is 6.53. The van der Waals surface area contributed by atoms with Gasteiger partial charge in [-0.25, -0.2) is 0 Å². The minimum atomic E-state index is 0.0542. The van der Waals surface area contributed by atoms with Gasteiger partial charge in [-0.15, -0.1) is 11.8 Å². The van der Waals surface area contributed by atoms with E-state index in [1.165, 1.54) is 49.0 Å². The van der Waals surface area contributed by atoms with Crippen molar-refractivity contribution in [3.05, 3.63) is 27.9 Å². The first-order valence-electron chi connectivity index (χ1n) is 11.1. The fourth-order valence-electron chi connectivity index (χ4n) is 5.02. The molecule has 3 aliphatic rings. The lowest BCUT2D eigenvalue weighted by molar-refractivity contribution is -0.175. The molecule has 6 nitrogen and oxygen atoms in total. The smallest absolute Gasteiger partial charge is 0.134 e. The molecule has 1 aromatic heterocycles. The molecule has 2 aromatic rings. The Kier molecular flexibility index (Phi) is 6.60. The molecule has 0 radical (unpaired) electrons. The maximum Gasteiger partial charge on any atom is 0.134 e. The maximum absolute atomic E-state index is 6.53. The van der Waals surface area contributed by atoms with Gasteiger partial charge in [-0.1, -0.05) is 6.42 Å². The van der Waals surface area contributed by atoms with E-state index >= 15 is 0 Å². The molecule has 164 valence electrons. The quantitative estimate of drug-likeness (QED) is 0.611. The van der Waals surface area contributed by atoms with Crippen molar-refractivity contribution in [3.8, 4) is 5.75 Å². The van der Waals surface area contributed by atoms with Gasteiger partial charge in [0.15, 0.2) is 0 Å². The predicted molar refractivity (Wildman–Crippen MR) is 126 cm³/mol. The van der Waals surface area contributed by atoms with E-state index in [1.807, 2.05) is 0 Å². The highest BCUT2D eigenvalue weighted by atomic mass is 79.9. The van der Waals surface area contributed by atoms with Crippen LogP contribution in [0.15, 0.2) is 16.6 Å². The Morgan fingerprint density at radius 1 is 1.23 bits per heavy atom. The molecule has 30 heavy (non-hydrogen) atoms. The third-order valence-electron chi connectivity index (χ3n) is 6.52. The molecule has 0 amide bonds. The first-order chi connectivity index (χ1) is 14.7. The first kappa shape index (κ1) is 21.1. The number of likely N-dealkylation sites (tertiary alicyclic amines) is 1. The topological polar surface area (TPSA) is 66.8 Å². The fourth-order valence-corrected chi connectivity index (χ4v) is 6.23. The Morgan fingerprint density at radius 3 is 2.97 bits per heavy atom. The Hall–Kier alpha value is -0.770. The minimum absolute atomic E-state index is 0.0542. The van der Waals surface area contributed by atoms with Gasteiger partial charge in [-0.05, 0) is 72.4 Å². The lowest BCUT2D eigenvalue weighted by Gasteiger charge is -2.35. The summed E-state index contributed by atoms with van der Waals surface area (Å²) in [6, 6.07) is 4.49. The number of halogens is 1. The van der Waals surface area contributed by atoms with E-state index in [4.69, 9.17) is 15.3 Å². The van der Waals surface area contributed by atoms with Gasteiger partial charge in [0, 0.05) is 41.5 Å². The zero-order chi connectivity index (χ0) is 20.5. The molecular formula is C22H31BrN4O2S. The third kappa shape index (κ3) is 4.27. The molecule has 2 saturated heterocycles. The lowest BCUT2D eigenvalue weighted by Crippen LogP contribution is -2.44. The molecule has 3 N–H and O–H groups in total. The molecule has 4 heterocycles. The van der Waals surface area contributed by atoms with Crippen molar-refractivity contribution in [2.75, 3.05) is 44.5 Å². The highest BCUT2D eigenvalue weighted by Crippen LogP contribution is 2.41. The van der Waals surface area contributed by atoms with Crippen LogP contribution in [-0.2, 0) is 11.3 Å². The third-order valence-corrected chi connectivity index (χ3v) is 8.03. The van der Waals surface area contributed by atoms with Crippen LogP contribution in [-0.4, -0.2) is 65.5 Å². The van der Waals surface area contributed by atoms with Gasteiger partial charge in [0.25, 0.3) is 0 Å². The van der Waals surface area contributed by atoms with Gasteiger partial charge in [-0.3, -0.25) is 4.84 Å². The summed E-state index contributed by atoms with van der Waals surface area (Å²) in [5.41, 5.74) is 10.2. The second kappa shape index (κ2) is 9.38. The highest BCUT2D eigenvalue weighted by molar-refractivity contribution is 9.10. The van der Waals surface area contributed by atoms with E-state index < -0.39 is 0 Å². The summed E-state index contributed by atoms with van der Waals surface area (Å²) in [5, 5.41) is 3.33. The number of hydrogen-bond acceptors (Lipinski definition) is 6. The van der Waals surface area contributed by atoms with Crippen LogP contribution in [0.4, 0.5) is 0 Å². The van der Waals surface area contributed by atoms with Gasteiger partial charge in [0.05, 0.1) is 17.1 Å². The van der Waals surface area contributed by atoms with Crippen molar-refractivity contribution in [2.24, 2.45) is 5.73 Å². The minimum Gasteiger partial charge on any atom is -0.492 e. The fraction of sp³-hybridized carbons (Fsp3) is 0.636. The van der Waals surface area contributed by atoms with Gasteiger partial charge in [0.2, 0.25) is 0 Å². The number of nitrogens with two attached hydrogens (primary N) is 1. The molecular weight excluding hydrogens is 464 g/mol. The normalized spacial score (nSPS) is 25.7. The lowest BCUT2D eigenvalue weighted by atomic mass is 9.95. The number of aromatic nitrogens is 1. The summed E-state index contributed by atoms with van der Waals surface area (Å²) < 4.78 is 7.19. The average Bonchev–Trinajstić information content (AvgIpc) is 2.99. The standard InChI is InChI=1S/C22H31BrN4O2S/c23-17-12-19-16(11-20(17)28-10-4-8-26-6-2-1-3-7-26)15-5-9-27-22(21(15)25-19)18(24)13-30-14-29-27/h11-12,18,22,25H,1-10,13-14,24H2. The van der Waals surface area contributed by atoms with Gasteiger partial charge < -0.3 is 20.4 Å². The summed E-state index contributed by atoms with van der Waals surface area (Å²) in [4.78, 5) is 12.2. The van der Waals surface area contributed by atoms with Crippen LogP contribution in [0, 0.1) is 0 Å². The summed E-state index contributed by atoms with van der Waals surface area (Å²) >= 11 is 5.48. The van der Waals surface area contributed by atoms with Crippen LogP contribution in [0.25, 0.3) is 10.9 Å². The second-order valence-electron chi connectivity index (χ2n) is 8.57. The molecule has 5 rings (SSSR count). The number of rotatable bonds is 5. The number of fused-ring (bicyclic) bond motifs is 5. The van der Waals surface area contributed by atoms with Crippen LogP contribution >= 0.6 is 27.7 Å². The predicted octanol–water partition coefficient (Wildman–Crippen LogP) is 4.05. The number of H-pyrrole nitrogens is 1. The monoisotopic (exact) mass is 494 g/mol. The highest BCUT2D eigenvalue weighted by Gasteiger charge is 2.37. The van der Waals surface area contributed by atoms with E-state index in [1.54, 1.807) is 11.8 Å². The Balaban J connectivity index is 1.32. The van der Waals surface area contributed by atoms with Gasteiger partial charge in [0.1, 0.15) is 11.7 Å². The summed E-state index contributed by atoms with van der Waals surface area (Å²) in [7, 11) is 0. The van der Waals surface area contributed by atoms with Gasteiger partial charge >= 0.3 is 0 Å². The molecule has 3 aliphatic heterocycles. The van der Waals surface area contributed by atoms with Crippen molar-refractivity contribution < 1.29 is 9.57 Å². The number of thioether (sulfide) groups is 1. The van der Waals surface area contributed by atoms with Crippen molar-refractivity contribution in [3.63, 3.8) is 0 Å². The first-order valence-corrected chi connectivity index (χ1v) is 13.1. The number of benzene rings is 1. The molecule has 2 unspecified atom stereocenters. The largest absolute Gasteiger partial charge is 0.492 e. The van der Waals surface area contributed by atoms with Crippen molar-refractivity contribution >= 4 is 38.6 Å². The van der Waals surface area contributed by atoms with Crippen molar-refractivity contribution in [1.29, 1.82) is 0 Å². The van der Waals surface area contributed by atoms with Crippen LogP contribution in [0.5, 0.6) is 5.75 Å². The zero-order valence-electron chi connectivity index (χ0n) is 17.4. The van der Waals surface area contributed by atoms with Crippen LogP contribution in [0.3, 0.4) is 0 Å². The second-order valence-corrected chi connectivity index (χ2v) is 10.4. The summed E-state index contributed by atoms with van der Waals surface area (Å²) in [5.74, 6) is 2.52. The van der Waals surface area contributed by atoms with Crippen LogP contribution in [0.1, 0.15) is 43.0 Å². The molecule has 2 fully saturated rings. The van der Waals surface area contributed by atoms with E-state index in [2.05, 4.69) is 43.0 Å². The Morgan fingerprint density at radius 2 is 2.10 bits per heavy atom. The SMILES string of the molecule is NC1CSCON2CCc3c([nH]c4cc(Br)c(OCCCN5CCCCC5)cc34)C12. The molecule has 0 aliphatic carbocycles. The summed E-state index contributed by atoms with van der Waals surface area (Å²) in [6.45, 7) is 5.24. The number of hydrogen-bond donors (Lipinski definition) is 2. The molecule has 0 bridgehead atoms. The Labute approximate surface area is 190 Å². The summed E-state index contributed by atoms with van der Waals surface area (Å²) in [6.07, 6.45) is 6.09. The van der Waals surface area contributed by atoms with E-state index in [0.717, 1.165) is 54.0 Å². The molecule has 2 atom stereocenters. The van der Waals surface area contributed by atoms with E-state index in [-0.39, 0.29) is 12.1 Å². The van der Waals surface area contributed by atoms with E-state index in [0.29, 0.717) is 5.94 Å². The van der Waals surface area contributed by atoms with Crippen molar-refractivity contribution in [2.45, 2.75) is 44.2 Å². The number of nitrogens with one attached hydrogen (secondary N) is 1. The average molecular weight is 495 g/mol. The van der Waals surface area contributed by atoms with E-state index in [9.17, 15) is 0 Å². The number of hydroxylamine groups is 2. The van der Waals surface area contributed by atoms with Crippen LogP contribution in [0.2, 0.25) is 0 Å². The molecule has 0 spiro atoms. The van der Waals surface area contributed by atoms with Crippen LogP contribution < -0.4 is 10.5 Å². The number of ether oxygens (including phenoxy) is 1. The van der Waals surface area contributed by atoms with Gasteiger partial charge in [-0.2, -0.15) is 5.06 Å². The Bertz CT molecular complexity index is 886. The number of aromatic amines is 1. The molecule has 1 aromatic carbocycles. The molecule has 0 saturated carbocycles.